The maximum Gasteiger partial charge on any atom is 0.316 e. The molecule has 1 aromatic carbocycles. The Labute approximate surface area is 108 Å². The van der Waals surface area contributed by atoms with Gasteiger partial charge in [0.15, 0.2) is 0 Å². The fourth-order valence-corrected chi connectivity index (χ4v) is 1.99. The van der Waals surface area contributed by atoms with Crippen molar-refractivity contribution in [3.05, 3.63) is 35.9 Å². The summed E-state index contributed by atoms with van der Waals surface area (Å²) in [4.78, 5) is 22.9. The quantitative estimate of drug-likeness (QED) is 0.574. The Bertz CT molecular complexity index is 397. The van der Waals surface area contributed by atoms with Crippen LogP contribution in [-0.2, 0) is 14.3 Å². The van der Waals surface area contributed by atoms with E-state index in [1.807, 2.05) is 18.2 Å². The molecule has 18 heavy (non-hydrogen) atoms. The minimum Gasteiger partial charge on any atom is -0.468 e. The number of esters is 1. The monoisotopic (exact) mass is 248 g/mol. The highest BCUT2D eigenvalue weighted by Gasteiger charge is 2.24. The second kappa shape index (κ2) is 6.94. The number of Topliss-reactive ketones (excluding diaryl/α,β-unsaturated/α-hetero) is 1. The SMILES string of the molecule is COC(=O)C(CCC(C)c1ccccc1)C(C)=O. The molecule has 0 aliphatic heterocycles. The molecule has 0 amide bonds. The second-order valence-electron chi connectivity index (χ2n) is 4.58. The van der Waals surface area contributed by atoms with Crippen LogP contribution in [-0.4, -0.2) is 18.9 Å². The van der Waals surface area contributed by atoms with Crippen molar-refractivity contribution < 1.29 is 14.3 Å². The van der Waals surface area contributed by atoms with E-state index < -0.39 is 11.9 Å². The lowest BCUT2D eigenvalue weighted by Gasteiger charge is -2.15. The maximum atomic E-state index is 11.5. The summed E-state index contributed by atoms with van der Waals surface area (Å²) in [6.45, 7) is 3.54. The highest BCUT2D eigenvalue weighted by Crippen LogP contribution is 2.23. The lowest BCUT2D eigenvalue weighted by molar-refractivity contribution is -0.149. The Kier molecular flexibility index (Phi) is 5.56. The molecule has 0 saturated carbocycles. The molecule has 0 aliphatic rings. The largest absolute Gasteiger partial charge is 0.468 e. The van der Waals surface area contributed by atoms with Crippen molar-refractivity contribution in [2.24, 2.45) is 5.92 Å². The number of benzene rings is 1. The van der Waals surface area contributed by atoms with Gasteiger partial charge in [-0.3, -0.25) is 9.59 Å². The summed E-state index contributed by atoms with van der Waals surface area (Å²) in [5.41, 5.74) is 1.23. The zero-order valence-electron chi connectivity index (χ0n) is 11.2. The van der Waals surface area contributed by atoms with Gasteiger partial charge in [0.1, 0.15) is 11.7 Å². The molecule has 0 heterocycles. The van der Waals surface area contributed by atoms with Crippen LogP contribution in [0, 0.1) is 5.92 Å². The normalized spacial score (nSPS) is 13.7. The molecular formula is C15H20O3. The van der Waals surface area contributed by atoms with Gasteiger partial charge in [0, 0.05) is 0 Å². The summed E-state index contributed by atoms with van der Waals surface area (Å²) in [5.74, 6) is -0.844. The third-order valence-electron chi connectivity index (χ3n) is 3.23. The Morgan fingerprint density at radius 1 is 1.17 bits per heavy atom. The number of ether oxygens (including phenoxy) is 1. The molecule has 3 heteroatoms. The first kappa shape index (κ1) is 14.4. The third kappa shape index (κ3) is 3.99. The third-order valence-corrected chi connectivity index (χ3v) is 3.23. The molecule has 0 N–H and O–H groups in total. The van der Waals surface area contributed by atoms with Crippen LogP contribution in [0.2, 0.25) is 0 Å². The van der Waals surface area contributed by atoms with Crippen molar-refractivity contribution in [2.45, 2.75) is 32.6 Å². The second-order valence-corrected chi connectivity index (χ2v) is 4.58. The summed E-state index contributed by atoms with van der Waals surface area (Å²) in [5, 5.41) is 0. The Morgan fingerprint density at radius 3 is 2.28 bits per heavy atom. The van der Waals surface area contributed by atoms with Crippen molar-refractivity contribution in [1.82, 2.24) is 0 Å². The van der Waals surface area contributed by atoms with E-state index in [1.165, 1.54) is 19.6 Å². The predicted molar refractivity (Wildman–Crippen MR) is 70.3 cm³/mol. The van der Waals surface area contributed by atoms with Gasteiger partial charge in [-0.25, -0.2) is 0 Å². The van der Waals surface area contributed by atoms with Crippen molar-refractivity contribution in [1.29, 1.82) is 0 Å². The number of hydrogen-bond acceptors (Lipinski definition) is 3. The van der Waals surface area contributed by atoms with Gasteiger partial charge in [0.2, 0.25) is 0 Å². The zero-order chi connectivity index (χ0) is 13.5. The summed E-state index contributed by atoms with van der Waals surface area (Å²) >= 11 is 0. The molecule has 1 aromatic rings. The minimum absolute atomic E-state index is 0.123. The first-order valence-corrected chi connectivity index (χ1v) is 6.19. The standard InChI is InChI=1S/C15H20O3/c1-11(13-7-5-4-6-8-13)9-10-14(12(2)16)15(17)18-3/h4-8,11,14H,9-10H2,1-3H3. The molecule has 2 unspecified atom stereocenters. The van der Waals surface area contributed by atoms with Gasteiger partial charge in [0.25, 0.3) is 0 Å². The van der Waals surface area contributed by atoms with E-state index >= 15 is 0 Å². The molecule has 2 atom stereocenters. The number of carbonyl (C=O) groups is 2. The molecule has 0 fully saturated rings. The van der Waals surface area contributed by atoms with Crippen LogP contribution < -0.4 is 0 Å². The minimum atomic E-state index is -0.624. The summed E-state index contributed by atoms with van der Waals surface area (Å²) in [7, 11) is 1.32. The van der Waals surface area contributed by atoms with Crippen molar-refractivity contribution in [2.75, 3.05) is 7.11 Å². The van der Waals surface area contributed by atoms with Crippen LogP contribution in [0.1, 0.15) is 38.2 Å². The van der Waals surface area contributed by atoms with Crippen molar-refractivity contribution in [3.8, 4) is 0 Å². The lowest BCUT2D eigenvalue weighted by atomic mass is 9.90. The van der Waals surface area contributed by atoms with E-state index in [0.29, 0.717) is 12.3 Å². The van der Waals surface area contributed by atoms with E-state index in [0.717, 1.165) is 6.42 Å². The summed E-state index contributed by atoms with van der Waals surface area (Å²) in [6, 6.07) is 10.1. The Morgan fingerprint density at radius 2 is 1.78 bits per heavy atom. The van der Waals surface area contributed by atoms with Gasteiger partial charge in [-0.05, 0) is 31.2 Å². The van der Waals surface area contributed by atoms with Crippen LogP contribution in [0.5, 0.6) is 0 Å². The smallest absolute Gasteiger partial charge is 0.316 e. The van der Waals surface area contributed by atoms with Crippen LogP contribution >= 0.6 is 0 Å². The molecule has 1 rings (SSSR count). The predicted octanol–water partition coefficient (Wildman–Crippen LogP) is 2.95. The summed E-state index contributed by atoms with van der Waals surface area (Å²) in [6.07, 6.45) is 1.33. The van der Waals surface area contributed by atoms with Gasteiger partial charge in [-0.15, -0.1) is 0 Å². The molecule has 0 spiro atoms. The fourth-order valence-electron chi connectivity index (χ4n) is 1.99. The van der Waals surface area contributed by atoms with E-state index in [2.05, 4.69) is 23.8 Å². The molecule has 0 aliphatic carbocycles. The van der Waals surface area contributed by atoms with E-state index in [4.69, 9.17) is 0 Å². The molecule has 0 bridgehead atoms. The van der Waals surface area contributed by atoms with E-state index in [-0.39, 0.29) is 5.78 Å². The number of methoxy groups -OCH3 is 1. The molecule has 0 aromatic heterocycles. The van der Waals surface area contributed by atoms with Gasteiger partial charge in [0.05, 0.1) is 7.11 Å². The first-order chi connectivity index (χ1) is 8.56. The highest BCUT2D eigenvalue weighted by molar-refractivity contribution is 5.97. The molecule has 3 nitrogen and oxygen atoms in total. The topological polar surface area (TPSA) is 43.4 Å². The van der Waals surface area contributed by atoms with Crippen molar-refractivity contribution in [3.63, 3.8) is 0 Å². The highest BCUT2D eigenvalue weighted by atomic mass is 16.5. The number of hydrogen-bond donors (Lipinski definition) is 0. The maximum absolute atomic E-state index is 11.5. The van der Waals surface area contributed by atoms with Crippen LogP contribution in [0.4, 0.5) is 0 Å². The lowest BCUT2D eigenvalue weighted by Crippen LogP contribution is -2.23. The summed E-state index contributed by atoms with van der Waals surface area (Å²) < 4.78 is 4.65. The van der Waals surface area contributed by atoms with Gasteiger partial charge >= 0.3 is 5.97 Å². The average molecular weight is 248 g/mol. The van der Waals surface area contributed by atoms with Crippen LogP contribution in [0.15, 0.2) is 30.3 Å². The van der Waals surface area contributed by atoms with Crippen LogP contribution in [0.3, 0.4) is 0 Å². The number of carbonyl (C=O) groups excluding carboxylic acids is 2. The van der Waals surface area contributed by atoms with Gasteiger partial charge in [-0.2, -0.15) is 0 Å². The van der Waals surface area contributed by atoms with Crippen LogP contribution in [0.25, 0.3) is 0 Å². The molecule has 98 valence electrons. The average Bonchev–Trinajstić information content (AvgIpc) is 2.39. The Balaban J connectivity index is 2.58. The van der Waals surface area contributed by atoms with E-state index in [9.17, 15) is 9.59 Å². The molecular weight excluding hydrogens is 228 g/mol. The van der Waals surface area contributed by atoms with Crippen molar-refractivity contribution >= 4 is 11.8 Å². The molecule has 0 radical (unpaired) electrons. The fraction of sp³-hybridized carbons (Fsp3) is 0.467. The van der Waals surface area contributed by atoms with Gasteiger partial charge in [-0.1, -0.05) is 37.3 Å². The first-order valence-electron chi connectivity index (χ1n) is 6.19. The molecule has 0 saturated heterocycles. The van der Waals surface area contributed by atoms with E-state index in [1.54, 1.807) is 0 Å². The zero-order valence-corrected chi connectivity index (χ0v) is 11.2. The van der Waals surface area contributed by atoms with Gasteiger partial charge < -0.3 is 4.74 Å². The number of ketones is 1. The number of rotatable bonds is 6. The Hall–Kier alpha value is -1.64.